The minimum absolute atomic E-state index is 0.0690. The van der Waals surface area contributed by atoms with Crippen molar-refractivity contribution < 1.29 is 13.2 Å². The molecule has 0 radical (unpaired) electrons. The molecule has 2 rings (SSSR count). The Morgan fingerprint density at radius 1 is 1.31 bits per heavy atom. The van der Waals surface area contributed by atoms with Gasteiger partial charge in [-0.05, 0) is 12.1 Å². The minimum Gasteiger partial charge on any atom is -0.461 e. The number of hydrogen-bond donors (Lipinski definition) is 1. The average molecular weight is 183 g/mol. The quantitative estimate of drug-likeness (QED) is 0.735. The summed E-state index contributed by atoms with van der Waals surface area (Å²) in [5.41, 5.74) is 5.98. The van der Waals surface area contributed by atoms with Crippen LogP contribution < -0.4 is 5.73 Å². The maximum Gasteiger partial charge on any atom is 0.201 e. The van der Waals surface area contributed by atoms with Crippen molar-refractivity contribution in [3.63, 3.8) is 0 Å². The number of furan rings is 1. The third-order valence-corrected chi connectivity index (χ3v) is 1.93. The summed E-state index contributed by atoms with van der Waals surface area (Å²) in [6.07, 6.45) is 1.34. The summed E-state index contributed by atoms with van der Waals surface area (Å²) in [5.74, 6) is -1.87. The third-order valence-electron chi connectivity index (χ3n) is 1.93. The summed E-state index contributed by atoms with van der Waals surface area (Å²) in [6, 6.07) is 2.52. The van der Waals surface area contributed by atoms with Crippen LogP contribution in [0.15, 0.2) is 22.8 Å². The molecule has 1 aromatic carbocycles. The van der Waals surface area contributed by atoms with E-state index in [2.05, 4.69) is 0 Å². The van der Waals surface area contributed by atoms with E-state index in [9.17, 15) is 8.78 Å². The zero-order valence-corrected chi connectivity index (χ0v) is 6.68. The monoisotopic (exact) mass is 183 g/mol. The summed E-state index contributed by atoms with van der Waals surface area (Å²) >= 11 is 0. The lowest BCUT2D eigenvalue weighted by molar-refractivity contribution is 0.491. The van der Waals surface area contributed by atoms with E-state index in [1.807, 2.05) is 0 Å². The molecule has 2 N–H and O–H groups in total. The second kappa shape index (κ2) is 2.81. The van der Waals surface area contributed by atoms with Gasteiger partial charge in [-0.1, -0.05) is 0 Å². The molecule has 0 aliphatic heterocycles. The molecule has 0 atom stereocenters. The topological polar surface area (TPSA) is 39.2 Å². The maximum atomic E-state index is 13.0. The highest BCUT2D eigenvalue weighted by Gasteiger charge is 2.12. The van der Waals surface area contributed by atoms with E-state index in [0.717, 1.165) is 6.07 Å². The Bertz CT molecular complexity index is 450. The fraction of sp³-hybridized carbons (Fsp3) is 0.111. The lowest BCUT2D eigenvalue weighted by atomic mass is 10.2. The van der Waals surface area contributed by atoms with Crippen molar-refractivity contribution in [2.45, 2.75) is 6.54 Å². The molecule has 13 heavy (non-hydrogen) atoms. The highest BCUT2D eigenvalue weighted by molar-refractivity contribution is 5.81. The van der Waals surface area contributed by atoms with Gasteiger partial charge in [0.15, 0.2) is 11.4 Å². The van der Waals surface area contributed by atoms with Gasteiger partial charge in [0.25, 0.3) is 0 Å². The molecule has 0 saturated heterocycles. The minimum atomic E-state index is -0.961. The molecule has 0 aliphatic carbocycles. The molecule has 2 nitrogen and oxygen atoms in total. The largest absolute Gasteiger partial charge is 0.461 e. The third kappa shape index (κ3) is 1.10. The molecule has 0 bridgehead atoms. The van der Waals surface area contributed by atoms with E-state index >= 15 is 0 Å². The Morgan fingerprint density at radius 3 is 2.77 bits per heavy atom. The van der Waals surface area contributed by atoms with Gasteiger partial charge < -0.3 is 10.2 Å². The molecule has 68 valence electrons. The SMILES string of the molecule is NCc1coc2c(F)c(F)ccc12. The molecule has 0 amide bonds. The molecular formula is C9H7F2NO. The highest BCUT2D eigenvalue weighted by atomic mass is 19.2. The molecular weight excluding hydrogens is 176 g/mol. The molecule has 2 aromatic rings. The van der Waals surface area contributed by atoms with Crippen LogP contribution in [0.4, 0.5) is 8.78 Å². The van der Waals surface area contributed by atoms with Crippen molar-refractivity contribution in [1.29, 1.82) is 0 Å². The number of fused-ring (bicyclic) bond motifs is 1. The number of hydrogen-bond acceptors (Lipinski definition) is 2. The van der Waals surface area contributed by atoms with Gasteiger partial charge in [-0.2, -0.15) is 4.39 Å². The van der Waals surface area contributed by atoms with Crippen LogP contribution in [0, 0.1) is 11.6 Å². The zero-order valence-electron chi connectivity index (χ0n) is 6.68. The Hall–Kier alpha value is -1.42. The molecule has 0 fully saturated rings. The van der Waals surface area contributed by atoms with Crippen molar-refractivity contribution in [2.24, 2.45) is 5.73 Å². The Kier molecular flexibility index (Phi) is 1.77. The van der Waals surface area contributed by atoms with Crippen LogP contribution in [0.25, 0.3) is 11.0 Å². The van der Waals surface area contributed by atoms with Crippen molar-refractivity contribution in [1.82, 2.24) is 0 Å². The first-order valence-corrected chi connectivity index (χ1v) is 3.78. The van der Waals surface area contributed by atoms with Gasteiger partial charge in [0.1, 0.15) is 0 Å². The molecule has 0 spiro atoms. The Morgan fingerprint density at radius 2 is 2.08 bits per heavy atom. The normalized spacial score (nSPS) is 11.0. The first-order chi connectivity index (χ1) is 6.24. The summed E-state index contributed by atoms with van der Waals surface area (Å²) in [6.45, 7) is 0.248. The van der Waals surface area contributed by atoms with Gasteiger partial charge in [0.2, 0.25) is 5.82 Å². The molecule has 4 heteroatoms. The molecule has 1 heterocycles. The van der Waals surface area contributed by atoms with Crippen molar-refractivity contribution in [3.8, 4) is 0 Å². The number of rotatable bonds is 1. The average Bonchev–Trinajstić information content (AvgIpc) is 2.55. The van der Waals surface area contributed by atoms with Crippen LogP contribution in [-0.4, -0.2) is 0 Å². The van der Waals surface area contributed by atoms with Crippen LogP contribution in [0.5, 0.6) is 0 Å². The molecule has 1 aromatic heterocycles. The molecule has 0 aliphatic rings. The Labute approximate surface area is 72.9 Å². The maximum absolute atomic E-state index is 13.0. The number of nitrogens with two attached hydrogens (primary N) is 1. The summed E-state index contributed by atoms with van der Waals surface area (Å²) in [7, 11) is 0. The predicted octanol–water partition coefficient (Wildman–Crippen LogP) is 2.17. The smallest absolute Gasteiger partial charge is 0.201 e. The lowest BCUT2D eigenvalue weighted by Crippen LogP contribution is -1.94. The van der Waals surface area contributed by atoms with Gasteiger partial charge in [-0.3, -0.25) is 0 Å². The number of halogens is 2. The van der Waals surface area contributed by atoms with Gasteiger partial charge in [-0.15, -0.1) is 0 Å². The summed E-state index contributed by atoms with van der Waals surface area (Å²) in [4.78, 5) is 0. The Balaban J connectivity index is 2.81. The highest BCUT2D eigenvalue weighted by Crippen LogP contribution is 2.24. The first kappa shape index (κ1) is 8.19. The van der Waals surface area contributed by atoms with Crippen molar-refractivity contribution >= 4 is 11.0 Å². The van der Waals surface area contributed by atoms with Crippen molar-refractivity contribution in [3.05, 3.63) is 35.6 Å². The first-order valence-electron chi connectivity index (χ1n) is 3.78. The van der Waals surface area contributed by atoms with Gasteiger partial charge >= 0.3 is 0 Å². The van der Waals surface area contributed by atoms with Crippen LogP contribution >= 0.6 is 0 Å². The van der Waals surface area contributed by atoms with Crippen LogP contribution in [0.1, 0.15) is 5.56 Å². The van der Waals surface area contributed by atoms with Crippen molar-refractivity contribution in [2.75, 3.05) is 0 Å². The predicted molar refractivity (Wildman–Crippen MR) is 44.0 cm³/mol. The second-order valence-corrected chi connectivity index (χ2v) is 2.70. The van der Waals surface area contributed by atoms with E-state index in [0.29, 0.717) is 10.9 Å². The molecule has 0 unspecified atom stereocenters. The van der Waals surface area contributed by atoms with Crippen LogP contribution in [0.2, 0.25) is 0 Å². The van der Waals surface area contributed by atoms with Crippen LogP contribution in [0.3, 0.4) is 0 Å². The fourth-order valence-electron chi connectivity index (χ4n) is 1.25. The fourth-order valence-corrected chi connectivity index (χ4v) is 1.25. The van der Waals surface area contributed by atoms with E-state index in [4.69, 9.17) is 10.2 Å². The van der Waals surface area contributed by atoms with Gasteiger partial charge in [0, 0.05) is 17.5 Å². The van der Waals surface area contributed by atoms with E-state index < -0.39 is 11.6 Å². The summed E-state index contributed by atoms with van der Waals surface area (Å²) in [5, 5.41) is 0.529. The van der Waals surface area contributed by atoms with Gasteiger partial charge in [0.05, 0.1) is 6.26 Å². The molecule has 0 saturated carbocycles. The van der Waals surface area contributed by atoms with E-state index in [1.165, 1.54) is 12.3 Å². The van der Waals surface area contributed by atoms with Gasteiger partial charge in [-0.25, -0.2) is 4.39 Å². The van der Waals surface area contributed by atoms with E-state index in [-0.39, 0.29) is 12.1 Å². The lowest BCUT2D eigenvalue weighted by Gasteiger charge is -1.94. The standard InChI is InChI=1S/C9H7F2NO/c10-7-2-1-6-5(3-12)4-13-9(6)8(7)11/h1-2,4H,3,12H2. The second-order valence-electron chi connectivity index (χ2n) is 2.70. The zero-order chi connectivity index (χ0) is 9.42. The van der Waals surface area contributed by atoms with Crippen LogP contribution in [-0.2, 0) is 6.54 Å². The summed E-state index contributed by atoms with van der Waals surface area (Å²) < 4.78 is 30.6. The van der Waals surface area contributed by atoms with E-state index in [1.54, 1.807) is 0 Å². The number of benzene rings is 1.